The highest BCUT2D eigenvalue weighted by atomic mass is 16.5. The van der Waals surface area contributed by atoms with E-state index in [4.69, 9.17) is 13.6 Å². The van der Waals surface area contributed by atoms with Gasteiger partial charge in [0.05, 0.1) is 19.4 Å². The van der Waals surface area contributed by atoms with E-state index in [0.29, 0.717) is 25.3 Å². The van der Waals surface area contributed by atoms with Gasteiger partial charge in [-0.2, -0.15) is 0 Å². The van der Waals surface area contributed by atoms with Crippen LogP contribution < -0.4 is 0 Å². The summed E-state index contributed by atoms with van der Waals surface area (Å²) in [6.45, 7) is 3.66. The number of nitrogens with zero attached hydrogens (tertiary/aromatic N) is 1. The minimum Gasteiger partial charge on any atom is -0.467 e. The normalized spacial score (nSPS) is 19.5. The lowest BCUT2D eigenvalue weighted by atomic mass is 10.1. The molecule has 0 bridgehead atoms. The first-order valence-corrected chi connectivity index (χ1v) is 8.38. The Bertz CT molecular complexity index is 648. The maximum Gasteiger partial charge on any atom is 0.374 e. The molecule has 1 aliphatic heterocycles. The number of esters is 1. The Morgan fingerprint density at radius 2 is 2.33 bits per heavy atom. The number of ether oxygens (including phenoxy) is 1. The van der Waals surface area contributed by atoms with Crippen LogP contribution in [0.4, 0.5) is 0 Å². The standard InChI is InChI=1S/C18H23NO5/c1-2-22-18(21)17-8-7-14(24-17)12-19-9-3-5-13(19)11-15(20)16-6-4-10-23-16/h4,6-8,10,13,15,20H,2-3,5,9,11-12H2,1H3. The summed E-state index contributed by atoms with van der Waals surface area (Å²) in [5.74, 6) is 1.13. The number of aliphatic hydroxyl groups excluding tert-OH is 1. The molecule has 0 aliphatic carbocycles. The van der Waals surface area contributed by atoms with E-state index in [-0.39, 0.29) is 11.8 Å². The van der Waals surface area contributed by atoms with Crippen molar-refractivity contribution < 1.29 is 23.5 Å². The number of carbonyl (C=O) groups excluding carboxylic acids is 1. The molecule has 0 aromatic carbocycles. The predicted molar refractivity (Wildman–Crippen MR) is 86.4 cm³/mol. The zero-order chi connectivity index (χ0) is 16.9. The Morgan fingerprint density at radius 1 is 1.46 bits per heavy atom. The fourth-order valence-corrected chi connectivity index (χ4v) is 3.20. The van der Waals surface area contributed by atoms with E-state index in [0.717, 1.165) is 25.1 Å². The van der Waals surface area contributed by atoms with Crippen LogP contribution in [0.5, 0.6) is 0 Å². The minimum absolute atomic E-state index is 0.234. The molecule has 24 heavy (non-hydrogen) atoms. The fourth-order valence-electron chi connectivity index (χ4n) is 3.20. The third-order valence-electron chi connectivity index (χ3n) is 4.36. The molecule has 0 saturated carbocycles. The van der Waals surface area contributed by atoms with E-state index in [1.54, 1.807) is 31.4 Å². The van der Waals surface area contributed by atoms with Gasteiger partial charge in [0.25, 0.3) is 0 Å². The van der Waals surface area contributed by atoms with Gasteiger partial charge < -0.3 is 18.7 Å². The molecule has 1 saturated heterocycles. The Balaban J connectivity index is 1.59. The number of hydrogen-bond donors (Lipinski definition) is 1. The maximum atomic E-state index is 11.7. The molecule has 3 rings (SSSR count). The van der Waals surface area contributed by atoms with E-state index in [9.17, 15) is 9.90 Å². The lowest BCUT2D eigenvalue weighted by molar-refractivity contribution is 0.0485. The van der Waals surface area contributed by atoms with Gasteiger partial charge in [-0.1, -0.05) is 0 Å². The van der Waals surface area contributed by atoms with Gasteiger partial charge >= 0.3 is 5.97 Å². The van der Waals surface area contributed by atoms with Crippen molar-refractivity contribution in [1.82, 2.24) is 4.90 Å². The first-order valence-electron chi connectivity index (χ1n) is 8.38. The summed E-state index contributed by atoms with van der Waals surface area (Å²) in [5, 5.41) is 10.3. The minimum atomic E-state index is -0.600. The molecule has 0 radical (unpaired) electrons. The van der Waals surface area contributed by atoms with Gasteiger partial charge in [-0.3, -0.25) is 4.90 Å². The highest BCUT2D eigenvalue weighted by Crippen LogP contribution is 2.29. The average molecular weight is 333 g/mol. The van der Waals surface area contributed by atoms with E-state index in [1.165, 1.54) is 0 Å². The Morgan fingerprint density at radius 3 is 3.08 bits per heavy atom. The summed E-state index contributed by atoms with van der Waals surface area (Å²) in [7, 11) is 0. The van der Waals surface area contributed by atoms with Crippen molar-refractivity contribution in [2.45, 2.75) is 44.9 Å². The summed E-state index contributed by atoms with van der Waals surface area (Å²) in [5.41, 5.74) is 0. The highest BCUT2D eigenvalue weighted by Gasteiger charge is 2.28. The lowest BCUT2D eigenvalue weighted by Crippen LogP contribution is -2.30. The van der Waals surface area contributed by atoms with E-state index >= 15 is 0 Å². The third kappa shape index (κ3) is 3.88. The zero-order valence-corrected chi connectivity index (χ0v) is 13.8. The van der Waals surface area contributed by atoms with Crippen LogP contribution in [0, 0.1) is 0 Å². The Labute approximate surface area is 141 Å². The molecular formula is C18H23NO5. The number of furan rings is 2. The Hall–Kier alpha value is -2.05. The number of rotatable bonds is 7. The van der Waals surface area contributed by atoms with E-state index < -0.39 is 12.1 Å². The fraction of sp³-hybridized carbons (Fsp3) is 0.500. The second kappa shape index (κ2) is 7.68. The van der Waals surface area contributed by atoms with Crippen molar-refractivity contribution in [3.05, 3.63) is 47.8 Å². The smallest absolute Gasteiger partial charge is 0.374 e. The number of carbonyl (C=O) groups is 1. The molecule has 0 amide bonds. The quantitative estimate of drug-likeness (QED) is 0.785. The Kier molecular flexibility index (Phi) is 5.37. The van der Waals surface area contributed by atoms with Gasteiger partial charge in [-0.25, -0.2) is 4.79 Å². The monoisotopic (exact) mass is 333 g/mol. The molecule has 1 N–H and O–H groups in total. The molecule has 1 aliphatic rings. The summed E-state index contributed by atoms with van der Waals surface area (Å²) in [4.78, 5) is 13.9. The van der Waals surface area contributed by atoms with Crippen LogP contribution >= 0.6 is 0 Å². The van der Waals surface area contributed by atoms with Gasteiger partial charge in [0.15, 0.2) is 0 Å². The van der Waals surface area contributed by atoms with Crippen molar-refractivity contribution >= 4 is 5.97 Å². The van der Waals surface area contributed by atoms with Crippen LogP contribution in [0.2, 0.25) is 0 Å². The van der Waals surface area contributed by atoms with Crippen molar-refractivity contribution in [3.8, 4) is 0 Å². The van der Waals surface area contributed by atoms with E-state index in [2.05, 4.69) is 4.90 Å². The SMILES string of the molecule is CCOC(=O)c1ccc(CN2CCCC2CC(O)c2ccco2)o1. The van der Waals surface area contributed by atoms with Gasteiger partial charge in [0.2, 0.25) is 5.76 Å². The largest absolute Gasteiger partial charge is 0.467 e. The van der Waals surface area contributed by atoms with Crippen molar-refractivity contribution in [2.75, 3.05) is 13.2 Å². The predicted octanol–water partition coefficient (Wildman–Crippen LogP) is 3.14. The van der Waals surface area contributed by atoms with Crippen LogP contribution in [0.15, 0.2) is 39.4 Å². The number of likely N-dealkylation sites (tertiary alicyclic amines) is 1. The van der Waals surface area contributed by atoms with E-state index in [1.807, 2.05) is 6.07 Å². The molecular weight excluding hydrogens is 310 g/mol. The topological polar surface area (TPSA) is 76.0 Å². The molecule has 3 heterocycles. The summed E-state index contributed by atoms with van der Waals surface area (Å²) >= 11 is 0. The van der Waals surface area contributed by atoms with Crippen molar-refractivity contribution in [1.29, 1.82) is 0 Å². The molecule has 2 aromatic rings. The summed E-state index contributed by atoms with van der Waals surface area (Å²) < 4.78 is 15.8. The molecule has 2 unspecified atom stereocenters. The average Bonchev–Trinajstić information content (AvgIpc) is 3.30. The van der Waals surface area contributed by atoms with Gasteiger partial charge in [0, 0.05) is 6.04 Å². The van der Waals surface area contributed by atoms with Crippen molar-refractivity contribution in [3.63, 3.8) is 0 Å². The zero-order valence-electron chi connectivity index (χ0n) is 13.8. The number of aliphatic hydroxyl groups is 1. The third-order valence-corrected chi connectivity index (χ3v) is 4.36. The summed E-state index contributed by atoms with van der Waals surface area (Å²) in [6.07, 6.45) is 3.71. The molecule has 6 heteroatoms. The first-order chi connectivity index (χ1) is 11.7. The molecule has 2 aromatic heterocycles. The van der Waals surface area contributed by atoms with Crippen LogP contribution in [-0.2, 0) is 11.3 Å². The second-order valence-corrected chi connectivity index (χ2v) is 6.02. The maximum absolute atomic E-state index is 11.7. The van der Waals surface area contributed by atoms with Gasteiger partial charge in [0.1, 0.15) is 17.6 Å². The van der Waals surface area contributed by atoms with Gasteiger partial charge in [-0.15, -0.1) is 0 Å². The van der Waals surface area contributed by atoms with Crippen LogP contribution in [0.1, 0.15) is 54.4 Å². The highest BCUT2D eigenvalue weighted by molar-refractivity contribution is 5.86. The summed E-state index contributed by atoms with van der Waals surface area (Å²) in [6, 6.07) is 7.30. The number of hydrogen-bond acceptors (Lipinski definition) is 6. The van der Waals surface area contributed by atoms with Gasteiger partial charge in [-0.05, 0) is 57.0 Å². The molecule has 130 valence electrons. The van der Waals surface area contributed by atoms with Crippen LogP contribution in [0.3, 0.4) is 0 Å². The molecule has 6 nitrogen and oxygen atoms in total. The van der Waals surface area contributed by atoms with Crippen LogP contribution in [-0.4, -0.2) is 35.2 Å². The van der Waals surface area contributed by atoms with Crippen molar-refractivity contribution in [2.24, 2.45) is 0 Å². The molecule has 2 atom stereocenters. The molecule has 0 spiro atoms. The second-order valence-electron chi connectivity index (χ2n) is 6.02. The molecule has 1 fully saturated rings. The first kappa shape index (κ1) is 16.8. The lowest BCUT2D eigenvalue weighted by Gasteiger charge is -2.25. The van der Waals surface area contributed by atoms with Crippen LogP contribution in [0.25, 0.3) is 0 Å².